The number of carbonyl (C=O) groups is 1. The lowest BCUT2D eigenvalue weighted by Gasteiger charge is -2.01. The van der Waals surface area contributed by atoms with Crippen molar-refractivity contribution in [3.05, 3.63) is 40.4 Å². The minimum absolute atomic E-state index is 0.396. The van der Waals surface area contributed by atoms with Crippen molar-refractivity contribution >= 4 is 23.6 Å². The Balaban J connectivity index is 3.07. The Bertz CT molecular complexity index is 371. The minimum atomic E-state index is -0.396. The molecule has 1 rings (SSSR count). The van der Waals surface area contributed by atoms with Crippen LogP contribution in [0.2, 0.25) is 5.02 Å². The average Bonchev–Trinajstić information content (AvgIpc) is 2.16. The molecular formula is C11H12ClNO. The fourth-order valence-electron chi connectivity index (χ4n) is 1.13. The zero-order valence-electron chi connectivity index (χ0n) is 7.96. The van der Waals surface area contributed by atoms with E-state index in [1.807, 2.05) is 25.1 Å². The molecule has 0 aromatic heterocycles. The van der Waals surface area contributed by atoms with E-state index in [1.54, 1.807) is 12.1 Å². The topological polar surface area (TPSA) is 43.1 Å². The van der Waals surface area contributed by atoms with Crippen LogP contribution >= 0.6 is 11.6 Å². The van der Waals surface area contributed by atoms with E-state index in [9.17, 15) is 4.79 Å². The third-order valence-corrected chi connectivity index (χ3v) is 2.28. The van der Waals surface area contributed by atoms with Gasteiger partial charge in [-0.05, 0) is 24.1 Å². The van der Waals surface area contributed by atoms with Crippen molar-refractivity contribution in [2.45, 2.75) is 13.3 Å². The Hall–Kier alpha value is -1.28. The fourth-order valence-corrected chi connectivity index (χ4v) is 1.32. The number of rotatable bonds is 3. The van der Waals surface area contributed by atoms with Gasteiger partial charge in [-0.1, -0.05) is 36.7 Å². The Kier molecular flexibility index (Phi) is 3.72. The number of hydrogen-bond donors (Lipinski definition) is 1. The van der Waals surface area contributed by atoms with E-state index in [2.05, 4.69) is 0 Å². The summed E-state index contributed by atoms with van der Waals surface area (Å²) < 4.78 is 0. The molecule has 0 heterocycles. The summed E-state index contributed by atoms with van der Waals surface area (Å²) in [6.45, 7) is 1.88. The van der Waals surface area contributed by atoms with Crippen molar-refractivity contribution in [1.82, 2.24) is 0 Å². The highest BCUT2D eigenvalue weighted by Gasteiger charge is 2.03. The summed E-state index contributed by atoms with van der Waals surface area (Å²) in [6, 6.07) is 7.34. The van der Waals surface area contributed by atoms with Gasteiger partial charge in [0.05, 0.1) is 0 Å². The van der Waals surface area contributed by atoms with E-state index in [4.69, 9.17) is 17.3 Å². The summed E-state index contributed by atoms with van der Waals surface area (Å²) in [7, 11) is 0. The van der Waals surface area contributed by atoms with E-state index in [-0.39, 0.29) is 0 Å². The molecule has 0 fully saturated rings. The lowest BCUT2D eigenvalue weighted by Crippen LogP contribution is -2.13. The summed E-state index contributed by atoms with van der Waals surface area (Å²) in [4.78, 5) is 11.0. The highest BCUT2D eigenvalue weighted by molar-refractivity contribution is 6.32. The second-order valence-corrected chi connectivity index (χ2v) is 3.32. The first-order valence-electron chi connectivity index (χ1n) is 4.40. The fraction of sp³-hybridized carbons (Fsp3) is 0.182. The van der Waals surface area contributed by atoms with Crippen LogP contribution in [0.1, 0.15) is 18.9 Å². The molecule has 0 spiro atoms. The zero-order chi connectivity index (χ0) is 10.6. The molecule has 0 saturated carbocycles. The van der Waals surface area contributed by atoms with Gasteiger partial charge in [-0.25, -0.2) is 0 Å². The van der Waals surface area contributed by atoms with Crippen molar-refractivity contribution in [2.24, 2.45) is 5.73 Å². The van der Waals surface area contributed by atoms with E-state index in [1.165, 1.54) is 0 Å². The lowest BCUT2D eigenvalue weighted by molar-refractivity contribution is -0.114. The third-order valence-electron chi connectivity index (χ3n) is 1.93. The van der Waals surface area contributed by atoms with Crippen LogP contribution < -0.4 is 5.73 Å². The maximum Gasteiger partial charge on any atom is 0.244 e. The Morgan fingerprint density at radius 1 is 1.50 bits per heavy atom. The molecule has 0 unspecified atom stereocenters. The number of halogens is 1. The Labute approximate surface area is 88.4 Å². The van der Waals surface area contributed by atoms with Gasteiger partial charge in [0.2, 0.25) is 5.91 Å². The summed E-state index contributed by atoms with van der Waals surface area (Å²) >= 11 is 5.93. The number of primary amides is 1. The van der Waals surface area contributed by atoms with Gasteiger partial charge in [0.1, 0.15) is 0 Å². The van der Waals surface area contributed by atoms with Crippen LogP contribution in [-0.4, -0.2) is 5.91 Å². The first-order valence-corrected chi connectivity index (χ1v) is 4.78. The van der Waals surface area contributed by atoms with Crippen LogP contribution in [0.15, 0.2) is 29.8 Å². The standard InChI is InChI=1S/C11H12ClNO/c1-2-8(11(13)14)7-9-5-3-4-6-10(9)12/h3-7H,2H2,1H3,(H2,13,14)/b8-7-. The largest absolute Gasteiger partial charge is 0.366 e. The summed E-state index contributed by atoms with van der Waals surface area (Å²) in [5.74, 6) is -0.396. The first kappa shape index (κ1) is 10.8. The predicted molar refractivity (Wildman–Crippen MR) is 58.9 cm³/mol. The molecule has 0 aliphatic carbocycles. The Morgan fingerprint density at radius 3 is 2.64 bits per heavy atom. The monoisotopic (exact) mass is 209 g/mol. The molecule has 0 aliphatic heterocycles. The number of amides is 1. The molecule has 14 heavy (non-hydrogen) atoms. The molecule has 1 aromatic carbocycles. The molecule has 3 heteroatoms. The van der Waals surface area contributed by atoms with Gasteiger partial charge in [-0.2, -0.15) is 0 Å². The SMILES string of the molecule is CC/C(=C/c1ccccc1Cl)C(N)=O. The molecular weight excluding hydrogens is 198 g/mol. The number of nitrogens with two attached hydrogens (primary N) is 1. The maximum atomic E-state index is 11.0. The van der Waals surface area contributed by atoms with E-state index in [0.717, 1.165) is 5.56 Å². The van der Waals surface area contributed by atoms with Crippen LogP contribution in [0.5, 0.6) is 0 Å². The van der Waals surface area contributed by atoms with Gasteiger partial charge in [0, 0.05) is 10.6 Å². The lowest BCUT2D eigenvalue weighted by atomic mass is 10.1. The number of carbonyl (C=O) groups excluding carboxylic acids is 1. The van der Waals surface area contributed by atoms with E-state index < -0.39 is 5.91 Å². The predicted octanol–water partition coefficient (Wildman–Crippen LogP) is 2.62. The van der Waals surface area contributed by atoms with Crippen LogP contribution in [0, 0.1) is 0 Å². The summed E-state index contributed by atoms with van der Waals surface area (Å²) in [6.07, 6.45) is 2.34. The molecule has 74 valence electrons. The second-order valence-electron chi connectivity index (χ2n) is 2.91. The van der Waals surface area contributed by atoms with Crippen molar-refractivity contribution in [2.75, 3.05) is 0 Å². The van der Waals surface area contributed by atoms with Crippen LogP contribution in [0.4, 0.5) is 0 Å². The highest BCUT2D eigenvalue weighted by atomic mass is 35.5. The minimum Gasteiger partial charge on any atom is -0.366 e. The van der Waals surface area contributed by atoms with E-state index >= 15 is 0 Å². The van der Waals surface area contributed by atoms with Crippen molar-refractivity contribution in [3.8, 4) is 0 Å². The molecule has 0 bridgehead atoms. The van der Waals surface area contributed by atoms with Gasteiger partial charge < -0.3 is 5.73 Å². The van der Waals surface area contributed by atoms with Gasteiger partial charge in [-0.3, -0.25) is 4.79 Å². The molecule has 1 amide bonds. The maximum absolute atomic E-state index is 11.0. The molecule has 2 N–H and O–H groups in total. The van der Waals surface area contributed by atoms with Crippen molar-refractivity contribution < 1.29 is 4.79 Å². The zero-order valence-corrected chi connectivity index (χ0v) is 8.71. The summed E-state index contributed by atoms with van der Waals surface area (Å²) in [5.41, 5.74) is 6.60. The molecule has 0 saturated heterocycles. The second kappa shape index (κ2) is 4.82. The smallest absolute Gasteiger partial charge is 0.244 e. The first-order chi connectivity index (χ1) is 6.65. The Morgan fingerprint density at radius 2 is 2.14 bits per heavy atom. The molecule has 2 nitrogen and oxygen atoms in total. The number of benzene rings is 1. The van der Waals surface area contributed by atoms with Crippen molar-refractivity contribution in [3.63, 3.8) is 0 Å². The van der Waals surface area contributed by atoms with Crippen LogP contribution in [0.25, 0.3) is 6.08 Å². The average molecular weight is 210 g/mol. The quantitative estimate of drug-likeness (QED) is 0.765. The third kappa shape index (κ3) is 2.60. The normalized spacial score (nSPS) is 11.4. The van der Waals surface area contributed by atoms with Gasteiger partial charge in [0.25, 0.3) is 0 Å². The molecule has 0 radical (unpaired) electrons. The van der Waals surface area contributed by atoms with Gasteiger partial charge in [0.15, 0.2) is 0 Å². The molecule has 1 aromatic rings. The highest BCUT2D eigenvalue weighted by Crippen LogP contribution is 2.18. The van der Waals surface area contributed by atoms with Crippen molar-refractivity contribution in [1.29, 1.82) is 0 Å². The summed E-state index contributed by atoms with van der Waals surface area (Å²) in [5, 5.41) is 0.625. The van der Waals surface area contributed by atoms with Crippen LogP contribution in [-0.2, 0) is 4.79 Å². The van der Waals surface area contributed by atoms with Crippen LogP contribution in [0.3, 0.4) is 0 Å². The molecule has 0 atom stereocenters. The molecule has 0 aliphatic rings. The van der Waals surface area contributed by atoms with Gasteiger partial charge in [-0.15, -0.1) is 0 Å². The van der Waals surface area contributed by atoms with E-state index in [0.29, 0.717) is 17.0 Å². The van der Waals surface area contributed by atoms with Gasteiger partial charge >= 0.3 is 0 Å². The number of hydrogen-bond acceptors (Lipinski definition) is 1.